The first kappa shape index (κ1) is 28.2. The molecule has 0 unspecified atom stereocenters. The van der Waals surface area contributed by atoms with Crippen LogP contribution in [0.5, 0.6) is 5.75 Å². The van der Waals surface area contributed by atoms with Crippen LogP contribution in [-0.4, -0.2) is 21.8 Å². The second-order valence-corrected chi connectivity index (χ2v) is 6.50. The van der Waals surface area contributed by atoms with Crippen LogP contribution in [0.3, 0.4) is 0 Å². The summed E-state index contributed by atoms with van der Waals surface area (Å²) in [6.45, 7) is 14.2. The first-order valence-corrected chi connectivity index (χ1v) is 11.2. The van der Waals surface area contributed by atoms with Crippen molar-refractivity contribution in [2.75, 3.05) is 11.9 Å². The van der Waals surface area contributed by atoms with Gasteiger partial charge in [-0.2, -0.15) is 0 Å². The molecule has 4 nitrogen and oxygen atoms in total. The van der Waals surface area contributed by atoms with Crippen molar-refractivity contribution in [1.82, 2.24) is 4.98 Å². The zero-order chi connectivity index (χ0) is 23.6. The number of allylic oxidation sites excluding steroid dienone is 4. The van der Waals surface area contributed by atoms with Gasteiger partial charge in [0.25, 0.3) is 0 Å². The smallest absolute Gasteiger partial charge is 0.129 e. The Morgan fingerprint density at radius 3 is 2.26 bits per heavy atom. The van der Waals surface area contributed by atoms with Crippen LogP contribution in [0, 0.1) is 0 Å². The summed E-state index contributed by atoms with van der Waals surface area (Å²) in [5, 5.41) is 22.0. The first-order valence-electron chi connectivity index (χ1n) is 11.2. The number of nitrogens with one attached hydrogen (secondary N) is 1. The van der Waals surface area contributed by atoms with Crippen LogP contribution in [0.1, 0.15) is 61.3 Å². The number of rotatable bonds is 8. The molecule has 0 bridgehead atoms. The molecule has 0 amide bonds. The largest absolute Gasteiger partial charge is 0.508 e. The molecule has 0 saturated carbocycles. The molecule has 0 aliphatic heterocycles. The molecule has 0 aliphatic rings. The summed E-state index contributed by atoms with van der Waals surface area (Å²) in [5.41, 5.74) is 5.22. The van der Waals surface area contributed by atoms with Gasteiger partial charge in [0.15, 0.2) is 0 Å². The summed E-state index contributed by atoms with van der Waals surface area (Å²) in [6, 6.07) is 11.0. The molecule has 3 N–H and O–H groups in total. The third kappa shape index (κ3) is 10.7. The van der Waals surface area contributed by atoms with Crippen LogP contribution in [0.15, 0.2) is 77.7 Å². The van der Waals surface area contributed by atoms with Crippen molar-refractivity contribution >= 4 is 5.82 Å². The molecule has 1 aromatic heterocycles. The van der Waals surface area contributed by atoms with Crippen molar-refractivity contribution in [1.29, 1.82) is 0 Å². The van der Waals surface area contributed by atoms with Crippen molar-refractivity contribution in [3.63, 3.8) is 0 Å². The molecular weight excluding hydrogens is 384 g/mol. The summed E-state index contributed by atoms with van der Waals surface area (Å²) in [7, 11) is 0. The third-order valence-electron chi connectivity index (χ3n) is 4.26. The zero-order valence-electron chi connectivity index (χ0n) is 20.2. The van der Waals surface area contributed by atoms with Crippen molar-refractivity contribution in [2.24, 2.45) is 0 Å². The molecule has 1 heterocycles. The number of pyridine rings is 1. The summed E-state index contributed by atoms with van der Waals surface area (Å²) in [5.74, 6) is 1.00. The number of hydrogen-bond donors (Lipinski definition) is 3. The van der Waals surface area contributed by atoms with E-state index in [0.717, 1.165) is 40.9 Å². The van der Waals surface area contributed by atoms with E-state index in [4.69, 9.17) is 5.11 Å². The Balaban J connectivity index is 0.00000212. The number of aliphatic hydroxyl groups excluding tert-OH is 1. The van der Waals surface area contributed by atoms with Gasteiger partial charge >= 0.3 is 0 Å². The van der Waals surface area contributed by atoms with Gasteiger partial charge in [0.1, 0.15) is 11.6 Å². The number of phenolic OH excluding ortho intramolecular Hbond substituents is 1. The van der Waals surface area contributed by atoms with Gasteiger partial charge in [0.2, 0.25) is 0 Å². The second-order valence-electron chi connectivity index (χ2n) is 6.50. The van der Waals surface area contributed by atoms with Crippen molar-refractivity contribution in [3.8, 4) is 16.9 Å². The van der Waals surface area contributed by atoms with E-state index in [9.17, 15) is 5.11 Å². The van der Waals surface area contributed by atoms with Crippen molar-refractivity contribution in [2.45, 2.75) is 61.3 Å². The highest BCUT2D eigenvalue weighted by Crippen LogP contribution is 2.23. The normalized spacial score (nSPS) is 11.7. The monoisotopic (exact) mass is 424 g/mol. The van der Waals surface area contributed by atoms with Crippen LogP contribution < -0.4 is 5.32 Å². The first-order chi connectivity index (χ1) is 15.0. The molecule has 170 valence electrons. The second kappa shape index (κ2) is 16.9. The predicted octanol–water partition coefficient (Wildman–Crippen LogP) is 7.49. The number of nitrogens with zero attached hydrogens (tertiary/aromatic N) is 1. The highest BCUT2D eigenvalue weighted by molar-refractivity contribution is 5.65. The highest BCUT2D eigenvalue weighted by Gasteiger charge is 2.02. The predicted molar refractivity (Wildman–Crippen MR) is 135 cm³/mol. The van der Waals surface area contributed by atoms with E-state index < -0.39 is 0 Å². The van der Waals surface area contributed by atoms with Crippen LogP contribution in [-0.2, 0) is 0 Å². The minimum absolute atomic E-state index is 0.0931. The molecule has 0 radical (unpaired) electrons. The van der Waals surface area contributed by atoms with Gasteiger partial charge in [-0.25, -0.2) is 4.98 Å². The van der Waals surface area contributed by atoms with E-state index in [-0.39, 0.29) is 12.4 Å². The fourth-order valence-electron chi connectivity index (χ4n) is 2.61. The molecule has 2 aromatic rings. The van der Waals surface area contributed by atoms with Gasteiger partial charge in [0, 0.05) is 18.0 Å². The Hall–Kier alpha value is -2.85. The van der Waals surface area contributed by atoms with Crippen LogP contribution >= 0.6 is 0 Å². The van der Waals surface area contributed by atoms with Crippen molar-refractivity contribution < 1.29 is 10.2 Å². The van der Waals surface area contributed by atoms with E-state index in [1.807, 2.05) is 65.1 Å². The number of aromatic hydroxyl groups is 1. The SMILES string of the molecule is CC.CC.CC/C=C(C/C=C(/C)CO)/C(C)=C/Nc1ccc(-c2cccc(O)c2)cn1. The zero-order valence-corrected chi connectivity index (χ0v) is 20.2. The average Bonchev–Trinajstić information content (AvgIpc) is 2.82. The molecular formula is C27H40N2O2. The molecule has 2 rings (SSSR count). The minimum atomic E-state index is 0.0931. The van der Waals surface area contributed by atoms with E-state index in [0.29, 0.717) is 0 Å². The number of hydrogen-bond acceptors (Lipinski definition) is 4. The quantitative estimate of drug-likeness (QED) is 0.303. The lowest BCUT2D eigenvalue weighted by molar-refractivity contribution is 0.331. The fourth-order valence-corrected chi connectivity index (χ4v) is 2.61. The van der Waals surface area contributed by atoms with Gasteiger partial charge in [-0.05, 0) is 67.7 Å². The number of aromatic nitrogens is 1. The Kier molecular flexibility index (Phi) is 15.3. The maximum absolute atomic E-state index is 9.60. The van der Waals surface area contributed by atoms with Crippen LogP contribution in [0.4, 0.5) is 5.82 Å². The lowest BCUT2D eigenvalue weighted by Crippen LogP contribution is -1.95. The van der Waals surface area contributed by atoms with Gasteiger partial charge in [0.05, 0.1) is 6.61 Å². The molecule has 0 aliphatic carbocycles. The molecule has 31 heavy (non-hydrogen) atoms. The Labute approximate surface area is 189 Å². The molecule has 0 spiro atoms. The van der Waals surface area contributed by atoms with Gasteiger partial charge < -0.3 is 15.5 Å². The molecule has 0 atom stereocenters. The van der Waals surface area contributed by atoms with Gasteiger partial charge in [-0.1, -0.05) is 64.5 Å². The van der Waals surface area contributed by atoms with Crippen molar-refractivity contribution in [3.05, 3.63) is 77.7 Å². The van der Waals surface area contributed by atoms with E-state index in [2.05, 4.69) is 36.3 Å². The van der Waals surface area contributed by atoms with E-state index in [1.54, 1.807) is 18.3 Å². The Morgan fingerprint density at radius 1 is 1.00 bits per heavy atom. The van der Waals surface area contributed by atoms with Gasteiger partial charge in [-0.15, -0.1) is 0 Å². The Morgan fingerprint density at radius 2 is 1.71 bits per heavy atom. The summed E-state index contributed by atoms with van der Waals surface area (Å²) >= 11 is 0. The molecule has 4 heteroatoms. The van der Waals surface area contributed by atoms with E-state index in [1.165, 1.54) is 5.57 Å². The van der Waals surface area contributed by atoms with Gasteiger partial charge in [-0.3, -0.25) is 0 Å². The van der Waals surface area contributed by atoms with Crippen LogP contribution in [0.2, 0.25) is 0 Å². The minimum Gasteiger partial charge on any atom is -0.508 e. The maximum atomic E-state index is 9.60. The maximum Gasteiger partial charge on any atom is 0.129 e. The standard InChI is InChI=1S/C23H28N2O2.2C2H6/c1-4-6-19(10-9-17(2)16-26)18(3)14-24-23-12-11-21(15-25-23)20-7-5-8-22(27)13-20;2*1-2/h5-9,11-15,26-27H,4,10,16H2,1-3H3,(H,24,25);2*1-2H3/b17-9-,18-14+,19-6+;;. The Bertz CT molecular complexity index is 835. The fraction of sp³-hybridized carbons (Fsp3) is 0.370. The lowest BCUT2D eigenvalue weighted by Gasteiger charge is -2.08. The number of aliphatic hydroxyl groups is 1. The average molecular weight is 425 g/mol. The van der Waals surface area contributed by atoms with Crippen LogP contribution in [0.25, 0.3) is 11.1 Å². The topological polar surface area (TPSA) is 65.4 Å². The number of phenols is 1. The lowest BCUT2D eigenvalue weighted by atomic mass is 10.0. The third-order valence-corrected chi connectivity index (χ3v) is 4.26. The summed E-state index contributed by atoms with van der Waals surface area (Å²) in [4.78, 5) is 4.45. The molecule has 1 aromatic carbocycles. The number of benzene rings is 1. The van der Waals surface area contributed by atoms with E-state index >= 15 is 0 Å². The molecule has 0 saturated heterocycles. The molecule has 0 fully saturated rings. The number of anilines is 1. The highest BCUT2D eigenvalue weighted by atomic mass is 16.3. The summed E-state index contributed by atoms with van der Waals surface area (Å²) < 4.78 is 0. The summed E-state index contributed by atoms with van der Waals surface area (Å²) in [6.07, 6.45) is 9.77.